The second-order valence-corrected chi connectivity index (χ2v) is 4.79. The van der Waals surface area contributed by atoms with E-state index in [1.54, 1.807) is 0 Å². The van der Waals surface area contributed by atoms with Crippen LogP contribution < -0.4 is 5.32 Å². The molecule has 0 aliphatic rings. The van der Waals surface area contributed by atoms with Gasteiger partial charge in [0.15, 0.2) is 0 Å². The van der Waals surface area contributed by atoms with Gasteiger partial charge in [-0.3, -0.25) is 0 Å². The molecule has 116 valence electrons. The van der Waals surface area contributed by atoms with Crippen molar-refractivity contribution >= 4 is 0 Å². The summed E-state index contributed by atoms with van der Waals surface area (Å²) in [6.45, 7) is 4.04. The molecular formula is C19H21FeN-6. The molecule has 0 saturated heterocycles. The molecule has 0 fully saturated rings. The van der Waals surface area contributed by atoms with Crippen molar-refractivity contribution in [1.29, 1.82) is 0 Å². The maximum atomic E-state index is 3.44. The van der Waals surface area contributed by atoms with Crippen LogP contribution in [0.5, 0.6) is 0 Å². The minimum absolute atomic E-state index is 0. The molecule has 0 aromatic heterocycles. The minimum atomic E-state index is 0. The minimum Gasteiger partial charge on any atom is -0.748 e. The summed E-state index contributed by atoms with van der Waals surface area (Å²) in [5, 5.41) is 3.44. The normalized spacial score (nSPS) is 9.38. The standard InChI is InChI=1S/C14H16N.C5H5.Fe/c1-12-6-2-5-9-14(12)11-15-10-13-7-3-4-8-13;1-2-4-5-3-1;/h2-9,15H,10-11H2,1H3;1-5H;/q-5;-1;. The summed E-state index contributed by atoms with van der Waals surface area (Å²) in [5.41, 5.74) is 4.08. The van der Waals surface area contributed by atoms with Gasteiger partial charge in [0.05, 0.1) is 0 Å². The topological polar surface area (TPSA) is 12.0 Å². The third-order valence-corrected chi connectivity index (χ3v) is 3.19. The molecule has 0 amide bonds. The van der Waals surface area contributed by atoms with E-state index in [1.807, 2.05) is 30.3 Å². The van der Waals surface area contributed by atoms with Crippen molar-refractivity contribution in [3.63, 3.8) is 0 Å². The van der Waals surface area contributed by atoms with Gasteiger partial charge in [-0.25, -0.2) is 12.1 Å². The SMILES string of the molecule is Cc1ccccc1CNC[c-]1[cH-][cH-][cH-][cH-]1.[Fe].c1cc[cH-]c1. The Morgan fingerprint density at radius 3 is 2.24 bits per heavy atom. The molecule has 0 saturated carbocycles. The summed E-state index contributed by atoms with van der Waals surface area (Å²) in [6, 6.07) is 26.9. The van der Waals surface area contributed by atoms with Crippen LogP contribution >= 0.6 is 0 Å². The Bertz CT molecular complexity index is 550. The fourth-order valence-corrected chi connectivity index (χ4v) is 2.00. The fourth-order valence-electron chi connectivity index (χ4n) is 2.00. The molecule has 0 bridgehead atoms. The number of benzene rings is 1. The summed E-state index contributed by atoms with van der Waals surface area (Å²) in [5.74, 6) is 0. The van der Waals surface area contributed by atoms with Gasteiger partial charge in [0.25, 0.3) is 0 Å². The van der Waals surface area contributed by atoms with E-state index < -0.39 is 0 Å². The van der Waals surface area contributed by atoms with Gasteiger partial charge in [-0.1, -0.05) is 24.3 Å². The maximum absolute atomic E-state index is 3.44. The van der Waals surface area contributed by atoms with E-state index in [2.05, 4.69) is 60.8 Å². The molecular weight excluding hydrogens is 298 g/mol. The smallest absolute Gasteiger partial charge is 0.0183 e. The zero-order valence-corrected chi connectivity index (χ0v) is 13.4. The predicted octanol–water partition coefficient (Wildman–Crippen LogP) is 4.41. The van der Waals surface area contributed by atoms with Crippen LogP contribution in [0.1, 0.15) is 16.7 Å². The number of aryl methyl sites for hydroxylation is 1. The van der Waals surface area contributed by atoms with Gasteiger partial charge in [0, 0.05) is 23.6 Å². The van der Waals surface area contributed by atoms with Crippen LogP contribution in [0, 0.1) is 6.92 Å². The molecule has 0 spiro atoms. The molecule has 1 N–H and O–H groups in total. The van der Waals surface area contributed by atoms with E-state index >= 15 is 0 Å². The van der Waals surface area contributed by atoms with Crippen molar-refractivity contribution < 1.29 is 17.1 Å². The van der Waals surface area contributed by atoms with Crippen molar-refractivity contribution in [2.45, 2.75) is 20.0 Å². The molecule has 0 aliphatic carbocycles. The molecule has 3 aromatic rings. The third-order valence-electron chi connectivity index (χ3n) is 3.19. The van der Waals surface area contributed by atoms with Crippen LogP contribution in [0.25, 0.3) is 0 Å². The Kier molecular flexibility index (Phi) is 8.45. The third kappa shape index (κ3) is 6.59. The van der Waals surface area contributed by atoms with E-state index in [1.165, 1.54) is 16.7 Å². The quantitative estimate of drug-likeness (QED) is 0.555. The van der Waals surface area contributed by atoms with Crippen LogP contribution in [0.3, 0.4) is 0 Å². The van der Waals surface area contributed by atoms with E-state index in [9.17, 15) is 0 Å². The number of nitrogens with one attached hydrogen (secondary N) is 1. The molecule has 3 rings (SSSR count). The second kappa shape index (κ2) is 10.2. The molecule has 3 aromatic carbocycles. The van der Waals surface area contributed by atoms with Crippen LogP contribution in [-0.2, 0) is 30.2 Å². The largest absolute Gasteiger partial charge is 0.748 e. The monoisotopic (exact) mass is 319 g/mol. The van der Waals surface area contributed by atoms with Crippen LogP contribution in [0.2, 0.25) is 0 Å². The Balaban J connectivity index is 0.000000313. The molecule has 2 heteroatoms. The number of hydrogen-bond acceptors (Lipinski definition) is 1. The molecule has 0 heterocycles. The zero-order chi connectivity index (χ0) is 14.0. The van der Waals surface area contributed by atoms with E-state index in [4.69, 9.17) is 0 Å². The summed E-state index contributed by atoms with van der Waals surface area (Å²) in [7, 11) is 0. The number of hydrogen-bond donors (Lipinski definition) is 1. The van der Waals surface area contributed by atoms with E-state index in [0.29, 0.717) is 0 Å². The summed E-state index contributed by atoms with van der Waals surface area (Å²) >= 11 is 0. The van der Waals surface area contributed by atoms with Gasteiger partial charge in [0.1, 0.15) is 0 Å². The molecule has 0 unspecified atom stereocenters. The Morgan fingerprint density at radius 2 is 1.67 bits per heavy atom. The summed E-state index contributed by atoms with van der Waals surface area (Å²) in [6.07, 6.45) is 0. The first-order chi connectivity index (χ1) is 9.86. The summed E-state index contributed by atoms with van der Waals surface area (Å²) < 4.78 is 0. The molecule has 1 nitrogen and oxygen atoms in total. The predicted molar refractivity (Wildman–Crippen MR) is 85.8 cm³/mol. The zero-order valence-electron chi connectivity index (χ0n) is 12.3. The molecule has 21 heavy (non-hydrogen) atoms. The van der Waals surface area contributed by atoms with Crippen molar-refractivity contribution in [3.8, 4) is 0 Å². The van der Waals surface area contributed by atoms with E-state index in [-0.39, 0.29) is 17.1 Å². The fraction of sp³-hybridized carbons (Fsp3) is 0.158. The first-order valence-electron chi connectivity index (χ1n) is 6.99. The second-order valence-electron chi connectivity index (χ2n) is 4.79. The Morgan fingerprint density at radius 1 is 1.00 bits per heavy atom. The Hall–Kier alpha value is -1.60. The van der Waals surface area contributed by atoms with E-state index in [0.717, 1.165) is 13.1 Å². The average Bonchev–Trinajstić information content (AvgIpc) is 3.16. The van der Waals surface area contributed by atoms with Gasteiger partial charge >= 0.3 is 0 Å². The van der Waals surface area contributed by atoms with Gasteiger partial charge in [-0.05, 0) is 18.1 Å². The molecule has 0 aliphatic heterocycles. The van der Waals surface area contributed by atoms with Gasteiger partial charge < -0.3 is 35.1 Å². The molecule has 0 atom stereocenters. The van der Waals surface area contributed by atoms with Crippen LogP contribution in [0.4, 0.5) is 0 Å². The van der Waals surface area contributed by atoms with Crippen molar-refractivity contribution in [2.24, 2.45) is 0 Å². The van der Waals surface area contributed by atoms with Gasteiger partial charge in [0.2, 0.25) is 0 Å². The Labute approximate surface area is 138 Å². The average molecular weight is 319 g/mol. The van der Waals surface area contributed by atoms with Crippen molar-refractivity contribution in [1.82, 2.24) is 5.32 Å². The molecule has 0 radical (unpaired) electrons. The van der Waals surface area contributed by atoms with Crippen LogP contribution in [0.15, 0.2) is 78.9 Å². The first kappa shape index (κ1) is 17.5. The van der Waals surface area contributed by atoms with Crippen molar-refractivity contribution in [3.05, 3.63) is 95.6 Å². The maximum Gasteiger partial charge on any atom is 0.0183 e. The van der Waals surface area contributed by atoms with Crippen LogP contribution in [-0.4, -0.2) is 0 Å². The summed E-state index contributed by atoms with van der Waals surface area (Å²) in [4.78, 5) is 0. The number of rotatable bonds is 4. The van der Waals surface area contributed by atoms with Gasteiger partial charge in [-0.15, -0.1) is 0 Å². The van der Waals surface area contributed by atoms with Gasteiger partial charge in [-0.2, -0.15) is 24.7 Å². The van der Waals surface area contributed by atoms with Crippen molar-refractivity contribution in [2.75, 3.05) is 0 Å². The first-order valence-corrected chi connectivity index (χ1v) is 6.99.